The lowest BCUT2D eigenvalue weighted by molar-refractivity contribution is 0.234. The van der Waals surface area contributed by atoms with Crippen LogP contribution in [0.3, 0.4) is 0 Å². The molecule has 1 amide bonds. The van der Waals surface area contributed by atoms with E-state index in [9.17, 15) is 4.79 Å². The molecule has 0 saturated carbocycles. The highest BCUT2D eigenvalue weighted by atomic mass is 35.5. The average Bonchev–Trinajstić information content (AvgIpc) is 3.15. The highest BCUT2D eigenvalue weighted by Gasteiger charge is 2.16. The minimum absolute atomic E-state index is 0.139. The molecule has 2 heterocycles. The van der Waals surface area contributed by atoms with E-state index in [2.05, 4.69) is 27.0 Å². The minimum atomic E-state index is -0.139. The molecule has 1 atom stereocenters. The fraction of sp³-hybridized carbons (Fsp3) is 0.235. The summed E-state index contributed by atoms with van der Waals surface area (Å²) in [4.78, 5) is 14.5. The molecule has 0 aliphatic heterocycles. The summed E-state index contributed by atoms with van der Waals surface area (Å²) in [6.45, 7) is 0.553. The number of benzene rings is 1. The Hall–Kier alpha value is -1.82. The number of likely N-dealkylation sites (N-methyl/N-ethyl adjacent to an activating group) is 1. The number of amides is 1. The van der Waals surface area contributed by atoms with Crippen LogP contribution in [0.4, 0.5) is 4.79 Å². The van der Waals surface area contributed by atoms with E-state index in [1.54, 1.807) is 22.1 Å². The molecule has 3 aromatic rings. The van der Waals surface area contributed by atoms with E-state index in [4.69, 9.17) is 11.6 Å². The van der Waals surface area contributed by atoms with Crippen molar-refractivity contribution >= 4 is 39.7 Å². The van der Waals surface area contributed by atoms with Crippen molar-refractivity contribution in [2.45, 2.75) is 6.04 Å². The lowest BCUT2D eigenvalue weighted by Gasteiger charge is -2.24. The maximum absolute atomic E-state index is 12.4. The first-order valence-electron chi connectivity index (χ1n) is 7.28. The van der Waals surface area contributed by atoms with Gasteiger partial charge in [-0.05, 0) is 48.6 Å². The molecule has 1 unspecified atom stereocenters. The van der Waals surface area contributed by atoms with E-state index in [1.165, 1.54) is 5.56 Å². The van der Waals surface area contributed by atoms with Crippen molar-refractivity contribution in [3.05, 3.63) is 58.0 Å². The van der Waals surface area contributed by atoms with Gasteiger partial charge >= 0.3 is 6.03 Å². The van der Waals surface area contributed by atoms with E-state index in [0.717, 1.165) is 10.8 Å². The topological polar surface area (TPSA) is 37.3 Å². The molecule has 23 heavy (non-hydrogen) atoms. The van der Waals surface area contributed by atoms with Gasteiger partial charge in [-0.1, -0.05) is 17.7 Å². The van der Waals surface area contributed by atoms with Crippen molar-refractivity contribution in [2.24, 2.45) is 0 Å². The zero-order chi connectivity index (χ0) is 16.4. The lowest BCUT2D eigenvalue weighted by atomic mass is 10.1. The molecule has 6 heteroatoms. The van der Waals surface area contributed by atoms with Gasteiger partial charge in [0.15, 0.2) is 0 Å². The van der Waals surface area contributed by atoms with Gasteiger partial charge in [0, 0.05) is 34.7 Å². The molecule has 0 bridgehead atoms. The van der Waals surface area contributed by atoms with Crippen LogP contribution in [0, 0.1) is 0 Å². The summed E-state index contributed by atoms with van der Waals surface area (Å²) in [5.74, 6) is 0. The molecule has 0 radical (unpaired) electrons. The summed E-state index contributed by atoms with van der Waals surface area (Å²) in [5, 5.41) is 9.78. The van der Waals surface area contributed by atoms with Crippen LogP contribution < -0.4 is 5.32 Å². The van der Waals surface area contributed by atoms with Crippen LogP contribution in [0.2, 0.25) is 5.02 Å². The van der Waals surface area contributed by atoms with Crippen LogP contribution in [0.25, 0.3) is 10.8 Å². The second kappa shape index (κ2) is 6.74. The van der Waals surface area contributed by atoms with Gasteiger partial charge in [0.2, 0.25) is 0 Å². The summed E-state index contributed by atoms with van der Waals surface area (Å²) in [5.41, 5.74) is 1.21. The highest BCUT2D eigenvalue weighted by Crippen LogP contribution is 2.21. The SMILES string of the molecule is CN(C)C(CNC(=O)n1cc2ccc(Cl)cc2c1)c1ccsc1. The third kappa shape index (κ3) is 3.58. The fourth-order valence-corrected chi connectivity index (χ4v) is 3.46. The van der Waals surface area contributed by atoms with Gasteiger partial charge in [-0.2, -0.15) is 11.3 Å². The second-order valence-electron chi connectivity index (χ2n) is 5.66. The number of carbonyl (C=O) groups excluding carboxylic acids is 1. The molecule has 1 aromatic carbocycles. The Bertz CT molecular complexity index is 810. The zero-order valence-corrected chi connectivity index (χ0v) is 14.6. The Morgan fingerprint density at radius 2 is 2.09 bits per heavy atom. The number of hydrogen-bond acceptors (Lipinski definition) is 3. The second-order valence-corrected chi connectivity index (χ2v) is 6.88. The molecule has 120 valence electrons. The number of rotatable bonds is 4. The van der Waals surface area contributed by atoms with Crippen LogP contribution in [-0.2, 0) is 0 Å². The van der Waals surface area contributed by atoms with Gasteiger partial charge in [-0.15, -0.1) is 0 Å². The summed E-state index contributed by atoms with van der Waals surface area (Å²) in [6.07, 6.45) is 3.61. The molecule has 0 aliphatic rings. The fourth-order valence-electron chi connectivity index (χ4n) is 2.57. The lowest BCUT2D eigenvalue weighted by Crippen LogP contribution is -2.36. The molecular formula is C17H18ClN3OS. The van der Waals surface area contributed by atoms with Gasteiger partial charge in [-0.3, -0.25) is 4.57 Å². The summed E-state index contributed by atoms with van der Waals surface area (Å²) >= 11 is 7.65. The summed E-state index contributed by atoms with van der Waals surface area (Å²) in [6, 6.07) is 7.70. The first-order valence-corrected chi connectivity index (χ1v) is 8.60. The molecule has 0 aliphatic carbocycles. The van der Waals surface area contributed by atoms with Crippen LogP contribution >= 0.6 is 22.9 Å². The Kier molecular flexibility index (Phi) is 4.71. The Balaban J connectivity index is 1.72. The summed E-state index contributed by atoms with van der Waals surface area (Å²) in [7, 11) is 4.03. The Labute approximate surface area is 144 Å². The van der Waals surface area contributed by atoms with Crippen molar-refractivity contribution in [1.29, 1.82) is 0 Å². The standard InChI is InChI=1S/C17H18ClN3OS/c1-20(2)16(13-5-6-23-11-13)8-19-17(22)21-9-12-3-4-15(18)7-14(12)10-21/h3-7,9-11,16H,8H2,1-2H3,(H,19,22). The van der Waals surface area contributed by atoms with Gasteiger partial charge < -0.3 is 10.2 Å². The third-order valence-corrected chi connectivity index (χ3v) is 4.77. The molecule has 1 N–H and O–H groups in total. The van der Waals surface area contributed by atoms with E-state index >= 15 is 0 Å². The zero-order valence-electron chi connectivity index (χ0n) is 13.0. The quantitative estimate of drug-likeness (QED) is 0.767. The van der Waals surface area contributed by atoms with E-state index in [-0.39, 0.29) is 12.1 Å². The smallest absolute Gasteiger partial charge is 0.325 e. The van der Waals surface area contributed by atoms with Crippen LogP contribution in [0.1, 0.15) is 11.6 Å². The van der Waals surface area contributed by atoms with Gasteiger partial charge in [-0.25, -0.2) is 4.79 Å². The van der Waals surface area contributed by atoms with E-state index in [1.807, 2.05) is 38.5 Å². The maximum Gasteiger partial charge on any atom is 0.325 e. The predicted octanol–water partition coefficient (Wildman–Crippen LogP) is 4.22. The largest absolute Gasteiger partial charge is 0.335 e. The average molecular weight is 348 g/mol. The Morgan fingerprint density at radius 3 is 2.78 bits per heavy atom. The van der Waals surface area contributed by atoms with E-state index < -0.39 is 0 Å². The molecule has 0 fully saturated rings. The predicted molar refractivity (Wildman–Crippen MR) is 96.5 cm³/mol. The molecule has 0 saturated heterocycles. The molecule has 0 spiro atoms. The van der Waals surface area contributed by atoms with Gasteiger partial charge in [0.25, 0.3) is 0 Å². The third-order valence-electron chi connectivity index (χ3n) is 3.84. The van der Waals surface area contributed by atoms with Gasteiger partial charge in [0.05, 0.1) is 6.04 Å². The highest BCUT2D eigenvalue weighted by molar-refractivity contribution is 7.07. The Morgan fingerprint density at radius 1 is 1.30 bits per heavy atom. The molecule has 3 rings (SSSR count). The number of fused-ring (bicyclic) bond motifs is 1. The van der Waals surface area contributed by atoms with E-state index in [0.29, 0.717) is 11.6 Å². The minimum Gasteiger partial charge on any atom is -0.335 e. The van der Waals surface area contributed by atoms with Crippen molar-refractivity contribution in [3.63, 3.8) is 0 Å². The number of nitrogens with one attached hydrogen (secondary N) is 1. The molecule has 4 nitrogen and oxygen atoms in total. The van der Waals surface area contributed by atoms with Crippen LogP contribution in [0.15, 0.2) is 47.4 Å². The number of aromatic nitrogens is 1. The summed E-state index contributed by atoms with van der Waals surface area (Å²) < 4.78 is 1.57. The van der Waals surface area contributed by atoms with Crippen molar-refractivity contribution in [3.8, 4) is 0 Å². The van der Waals surface area contributed by atoms with Crippen molar-refractivity contribution < 1.29 is 4.79 Å². The first-order chi connectivity index (χ1) is 11.0. The molecular weight excluding hydrogens is 330 g/mol. The van der Waals surface area contributed by atoms with Crippen molar-refractivity contribution in [1.82, 2.24) is 14.8 Å². The number of hydrogen-bond donors (Lipinski definition) is 1. The number of thiophene rings is 1. The van der Waals surface area contributed by atoms with Crippen LogP contribution in [0.5, 0.6) is 0 Å². The van der Waals surface area contributed by atoms with Crippen LogP contribution in [-0.4, -0.2) is 36.1 Å². The van der Waals surface area contributed by atoms with Crippen molar-refractivity contribution in [2.75, 3.05) is 20.6 Å². The number of halogens is 1. The number of carbonyl (C=O) groups is 1. The maximum atomic E-state index is 12.4. The monoisotopic (exact) mass is 347 g/mol. The number of nitrogens with zero attached hydrogens (tertiary/aromatic N) is 2. The molecule has 2 aromatic heterocycles. The normalized spacial score (nSPS) is 12.7. The van der Waals surface area contributed by atoms with Gasteiger partial charge in [0.1, 0.15) is 0 Å². The first kappa shape index (κ1) is 16.1.